The number of nitrogens with zero attached hydrogens (tertiary/aromatic N) is 1. The summed E-state index contributed by atoms with van der Waals surface area (Å²) >= 11 is 0. The van der Waals surface area contributed by atoms with Gasteiger partial charge in [0.15, 0.2) is 0 Å². The molecule has 0 aliphatic carbocycles. The minimum absolute atomic E-state index is 0.201. The van der Waals surface area contributed by atoms with Crippen LogP contribution in [0.4, 0.5) is 0 Å². The predicted molar refractivity (Wildman–Crippen MR) is 56.0 cm³/mol. The van der Waals surface area contributed by atoms with Gasteiger partial charge in [0, 0.05) is 19.5 Å². The standard InChI is InChI=1S/C11H21NO2/c1-3-4-6-10(13)12-8-5-7-11(2,14)9-12/h14H,3-9H2,1-2H3. The molecule has 0 spiro atoms. The average molecular weight is 199 g/mol. The number of unbranched alkanes of at least 4 members (excludes halogenated alkanes) is 1. The smallest absolute Gasteiger partial charge is 0.222 e. The van der Waals surface area contributed by atoms with E-state index in [1.807, 2.05) is 6.92 Å². The molecule has 1 rings (SSSR count). The molecule has 0 aromatic carbocycles. The first kappa shape index (κ1) is 11.5. The fourth-order valence-electron chi connectivity index (χ4n) is 1.92. The van der Waals surface area contributed by atoms with Gasteiger partial charge in [0.25, 0.3) is 0 Å². The van der Waals surface area contributed by atoms with E-state index in [1.165, 1.54) is 0 Å². The maximum atomic E-state index is 11.7. The maximum absolute atomic E-state index is 11.7. The number of rotatable bonds is 3. The van der Waals surface area contributed by atoms with Gasteiger partial charge in [-0.15, -0.1) is 0 Å². The van der Waals surface area contributed by atoms with Crippen molar-refractivity contribution in [3.05, 3.63) is 0 Å². The second-order valence-electron chi connectivity index (χ2n) is 4.52. The van der Waals surface area contributed by atoms with Gasteiger partial charge in [0.1, 0.15) is 0 Å². The van der Waals surface area contributed by atoms with E-state index in [1.54, 1.807) is 4.90 Å². The molecule has 1 aliphatic heterocycles. The normalized spacial score (nSPS) is 27.8. The lowest BCUT2D eigenvalue weighted by Crippen LogP contribution is -2.48. The number of carbonyl (C=O) groups is 1. The van der Waals surface area contributed by atoms with Crippen LogP contribution in [0.5, 0.6) is 0 Å². The quantitative estimate of drug-likeness (QED) is 0.749. The molecule has 14 heavy (non-hydrogen) atoms. The van der Waals surface area contributed by atoms with Crippen molar-refractivity contribution in [2.24, 2.45) is 0 Å². The molecule has 0 aromatic rings. The van der Waals surface area contributed by atoms with Crippen LogP contribution in [0, 0.1) is 0 Å². The number of piperidine rings is 1. The number of carbonyl (C=O) groups excluding carboxylic acids is 1. The fraction of sp³-hybridized carbons (Fsp3) is 0.909. The molecule has 1 unspecified atom stereocenters. The van der Waals surface area contributed by atoms with Crippen molar-refractivity contribution in [3.8, 4) is 0 Å². The van der Waals surface area contributed by atoms with Gasteiger partial charge in [0.2, 0.25) is 5.91 Å². The van der Waals surface area contributed by atoms with Crippen LogP contribution in [-0.4, -0.2) is 34.6 Å². The first-order valence-electron chi connectivity index (χ1n) is 5.55. The van der Waals surface area contributed by atoms with Crippen LogP contribution < -0.4 is 0 Å². The highest BCUT2D eigenvalue weighted by atomic mass is 16.3. The van der Waals surface area contributed by atoms with E-state index in [2.05, 4.69) is 6.92 Å². The van der Waals surface area contributed by atoms with Gasteiger partial charge in [-0.1, -0.05) is 13.3 Å². The summed E-state index contributed by atoms with van der Waals surface area (Å²) in [5.74, 6) is 0.201. The number of β-amino-alcohol motifs (C(OH)–C–C–N with tert-alkyl or cyclic N) is 1. The van der Waals surface area contributed by atoms with Gasteiger partial charge in [-0.3, -0.25) is 4.79 Å². The predicted octanol–water partition coefficient (Wildman–Crippen LogP) is 1.55. The Labute approximate surface area is 86.1 Å². The van der Waals surface area contributed by atoms with Crippen molar-refractivity contribution in [2.45, 2.75) is 51.6 Å². The highest BCUT2D eigenvalue weighted by molar-refractivity contribution is 5.76. The molecule has 3 heteroatoms. The molecule has 1 N–H and O–H groups in total. The van der Waals surface area contributed by atoms with Gasteiger partial charge in [-0.05, 0) is 26.2 Å². The second kappa shape index (κ2) is 4.78. The minimum Gasteiger partial charge on any atom is -0.388 e. The van der Waals surface area contributed by atoms with Crippen molar-refractivity contribution in [1.29, 1.82) is 0 Å². The van der Waals surface area contributed by atoms with Crippen LogP contribution >= 0.6 is 0 Å². The van der Waals surface area contributed by atoms with Gasteiger partial charge >= 0.3 is 0 Å². The molecule has 1 atom stereocenters. The summed E-state index contributed by atoms with van der Waals surface area (Å²) < 4.78 is 0. The third-order valence-corrected chi connectivity index (χ3v) is 2.77. The number of aliphatic hydroxyl groups is 1. The summed E-state index contributed by atoms with van der Waals surface area (Å²) in [4.78, 5) is 13.5. The monoisotopic (exact) mass is 199 g/mol. The number of hydrogen-bond donors (Lipinski definition) is 1. The molecule has 1 fully saturated rings. The van der Waals surface area contributed by atoms with Crippen molar-refractivity contribution in [1.82, 2.24) is 4.90 Å². The Bertz CT molecular complexity index is 201. The molecule has 1 heterocycles. The lowest BCUT2D eigenvalue weighted by Gasteiger charge is -2.36. The number of hydrogen-bond acceptors (Lipinski definition) is 2. The molecule has 0 bridgehead atoms. The Morgan fingerprint density at radius 3 is 2.86 bits per heavy atom. The number of likely N-dealkylation sites (tertiary alicyclic amines) is 1. The van der Waals surface area contributed by atoms with E-state index in [-0.39, 0.29) is 5.91 Å². The van der Waals surface area contributed by atoms with Crippen LogP contribution in [0.25, 0.3) is 0 Å². The topological polar surface area (TPSA) is 40.5 Å². The Morgan fingerprint density at radius 2 is 2.29 bits per heavy atom. The number of amides is 1. The van der Waals surface area contributed by atoms with E-state index in [9.17, 15) is 9.90 Å². The Morgan fingerprint density at radius 1 is 1.57 bits per heavy atom. The molecular formula is C11H21NO2. The molecular weight excluding hydrogens is 178 g/mol. The van der Waals surface area contributed by atoms with E-state index >= 15 is 0 Å². The third kappa shape index (κ3) is 3.29. The molecule has 1 aliphatic rings. The van der Waals surface area contributed by atoms with Gasteiger partial charge in [-0.25, -0.2) is 0 Å². The Kier molecular flexibility index (Phi) is 3.93. The van der Waals surface area contributed by atoms with Crippen LogP contribution in [0.3, 0.4) is 0 Å². The van der Waals surface area contributed by atoms with Crippen LogP contribution in [0.1, 0.15) is 46.0 Å². The van der Waals surface area contributed by atoms with Crippen LogP contribution in [0.2, 0.25) is 0 Å². The molecule has 1 amide bonds. The maximum Gasteiger partial charge on any atom is 0.222 e. The third-order valence-electron chi connectivity index (χ3n) is 2.77. The summed E-state index contributed by atoms with van der Waals surface area (Å²) in [5.41, 5.74) is -0.667. The lowest BCUT2D eigenvalue weighted by molar-refractivity contribution is -0.137. The molecule has 0 radical (unpaired) electrons. The van der Waals surface area contributed by atoms with Crippen LogP contribution in [0.15, 0.2) is 0 Å². The largest absolute Gasteiger partial charge is 0.388 e. The lowest BCUT2D eigenvalue weighted by atomic mass is 9.95. The van der Waals surface area contributed by atoms with Crippen molar-refractivity contribution in [2.75, 3.05) is 13.1 Å². The highest BCUT2D eigenvalue weighted by Gasteiger charge is 2.30. The summed E-state index contributed by atoms with van der Waals surface area (Å²) in [6.07, 6.45) is 4.37. The SMILES string of the molecule is CCCCC(=O)N1CCCC(C)(O)C1. The van der Waals surface area contributed by atoms with E-state index in [4.69, 9.17) is 0 Å². The van der Waals surface area contributed by atoms with E-state index in [0.717, 1.165) is 32.2 Å². The van der Waals surface area contributed by atoms with Crippen molar-refractivity contribution >= 4 is 5.91 Å². The zero-order valence-corrected chi connectivity index (χ0v) is 9.25. The summed E-state index contributed by atoms with van der Waals surface area (Å²) in [7, 11) is 0. The molecule has 0 saturated carbocycles. The van der Waals surface area contributed by atoms with Gasteiger partial charge in [-0.2, -0.15) is 0 Å². The van der Waals surface area contributed by atoms with E-state index in [0.29, 0.717) is 13.0 Å². The first-order chi connectivity index (χ1) is 6.55. The van der Waals surface area contributed by atoms with Crippen LogP contribution in [-0.2, 0) is 4.79 Å². The van der Waals surface area contributed by atoms with Crippen molar-refractivity contribution in [3.63, 3.8) is 0 Å². The average Bonchev–Trinajstić information content (AvgIpc) is 2.12. The molecule has 0 aromatic heterocycles. The van der Waals surface area contributed by atoms with Gasteiger partial charge in [0.05, 0.1) is 5.60 Å². The van der Waals surface area contributed by atoms with Gasteiger partial charge < -0.3 is 10.0 Å². The Hall–Kier alpha value is -0.570. The summed E-state index contributed by atoms with van der Waals surface area (Å²) in [6.45, 7) is 5.22. The zero-order valence-electron chi connectivity index (χ0n) is 9.25. The molecule has 82 valence electrons. The minimum atomic E-state index is -0.667. The summed E-state index contributed by atoms with van der Waals surface area (Å²) in [5, 5.41) is 9.83. The summed E-state index contributed by atoms with van der Waals surface area (Å²) in [6, 6.07) is 0. The zero-order chi connectivity index (χ0) is 10.6. The fourth-order valence-corrected chi connectivity index (χ4v) is 1.92. The molecule has 1 saturated heterocycles. The first-order valence-corrected chi connectivity index (χ1v) is 5.55. The molecule has 3 nitrogen and oxygen atoms in total. The van der Waals surface area contributed by atoms with E-state index < -0.39 is 5.60 Å². The second-order valence-corrected chi connectivity index (χ2v) is 4.52. The van der Waals surface area contributed by atoms with Crippen molar-refractivity contribution < 1.29 is 9.90 Å². The highest BCUT2D eigenvalue weighted by Crippen LogP contribution is 2.20. The Balaban J connectivity index is 2.40.